The first kappa shape index (κ1) is 13.3. The SMILES string of the molecule is C=CCOCc1ccc(-c2ccc(C=C)cc2)cc1. The highest BCUT2D eigenvalue weighted by molar-refractivity contribution is 5.65. The molecule has 96 valence electrons. The molecular weight excluding hydrogens is 232 g/mol. The van der Waals surface area contributed by atoms with Crippen molar-refractivity contribution >= 4 is 6.08 Å². The summed E-state index contributed by atoms with van der Waals surface area (Å²) in [5.74, 6) is 0. The monoisotopic (exact) mass is 250 g/mol. The van der Waals surface area contributed by atoms with E-state index in [2.05, 4.69) is 61.7 Å². The molecule has 0 aliphatic carbocycles. The maximum absolute atomic E-state index is 5.42. The van der Waals surface area contributed by atoms with Crippen molar-refractivity contribution in [2.75, 3.05) is 6.61 Å². The molecule has 2 rings (SSSR count). The summed E-state index contributed by atoms with van der Waals surface area (Å²) in [4.78, 5) is 0. The molecule has 0 aliphatic heterocycles. The van der Waals surface area contributed by atoms with E-state index in [1.54, 1.807) is 6.08 Å². The van der Waals surface area contributed by atoms with Crippen LogP contribution in [0.15, 0.2) is 67.8 Å². The molecule has 0 N–H and O–H groups in total. The van der Waals surface area contributed by atoms with E-state index in [0.717, 1.165) is 5.56 Å². The first-order valence-corrected chi connectivity index (χ1v) is 6.34. The lowest BCUT2D eigenvalue weighted by molar-refractivity contribution is 0.149. The standard InChI is InChI=1S/C18H18O/c1-3-13-19-14-16-7-11-18(12-8-16)17-9-5-15(4-2)6-10-17/h3-12H,1-2,13-14H2. The summed E-state index contributed by atoms with van der Waals surface area (Å²) in [6.07, 6.45) is 3.61. The molecule has 0 unspecified atom stereocenters. The van der Waals surface area contributed by atoms with Crippen LogP contribution in [0.1, 0.15) is 11.1 Å². The fourth-order valence-electron chi connectivity index (χ4n) is 1.87. The highest BCUT2D eigenvalue weighted by Crippen LogP contribution is 2.20. The Labute approximate surface area is 114 Å². The first-order chi connectivity index (χ1) is 9.33. The van der Waals surface area contributed by atoms with E-state index in [1.807, 2.05) is 6.08 Å². The van der Waals surface area contributed by atoms with Gasteiger partial charge in [-0.2, -0.15) is 0 Å². The second-order valence-corrected chi connectivity index (χ2v) is 4.33. The van der Waals surface area contributed by atoms with Crippen LogP contribution in [0.3, 0.4) is 0 Å². The second kappa shape index (κ2) is 6.72. The third-order valence-corrected chi connectivity index (χ3v) is 2.94. The number of benzene rings is 2. The van der Waals surface area contributed by atoms with Crippen molar-refractivity contribution in [2.45, 2.75) is 6.61 Å². The molecule has 0 spiro atoms. The quantitative estimate of drug-likeness (QED) is 0.533. The van der Waals surface area contributed by atoms with E-state index >= 15 is 0 Å². The lowest BCUT2D eigenvalue weighted by atomic mass is 10.0. The van der Waals surface area contributed by atoms with E-state index in [1.165, 1.54) is 16.7 Å². The third kappa shape index (κ3) is 3.67. The average Bonchev–Trinajstić information content (AvgIpc) is 2.48. The summed E-state index contributed by atoms with van der Waals surface area (Å²) in [5, 5.41) is 0. The van der Waals surface area contributed by atoms with Gasteiger partial charge in [0.15, 0.2) is 0 Å². The molecule has 0 amide bonds. The minimum atomic E-state index is 0.588. The molecule has 0 fully saturated rings. The normalized spacial score (nSPS) is 10.1. The largest absolute Gasteiger partial charge is 0.373 e. The van der Waals surface area contributed by atoms with Gasteiger partial charge in [-0.25, -0.2) is 0 Å². The van der Waals surface area contributed by atoms with Crippen molar-refractivity contribution in [3.05, 3.63) is 78.9 Å². The van der Waals surface area contributed by atoms with Crippen LogP contribution in [-0.2, 0) is 11.3 Å². The van der Waals surface area contributed by atoms with Gasteiger partial charge in [-0.1, -0.05) is 67.3 Å². The molecule has 1 nitrogen and oxygen atoms in total. The van der Waals surface area contributed by atoms with Gasteiger partial charge >= 0.3 is 0 Å². The van der Waals surface area contributed by atoms with Gasteiger partial charge < -0.3 is 4.74 Å². The summed E-state index contributed by atoms with van der Waals surface area (Å²) in [6.45, 7) is 8.60. The minimum absolute atomic E-state index is 0.588. The predicted molar refractivity (Wildman–Crippen MR) is 81.8 cm³/mol. The van der Waals surface area contributed by atoms with Crippen LogP contribution in [-0.4, -0.2) is 6.61 Å². The summed E-state index contributed by atoms with van der Waals surface area (Å²) in [5.41, 5.74) is 4.73. The van der Waals surface area contributed by atoms with Gasteiger partial charge in [0.25, 0.3) is 0 Å². The minimum Gasteiger partial charge on any atom is -0.373 e. The lowest BCUT2D eigenvalue weighted by Crippen LogP contribution is -1.92. The molecule has 0 aromatic heterocycles. The number of hydrogen-bond donors (Lipinski definition) is 0. The van der Waals surface area contributed by atoms with Crippen LogP contribution in [0, 0.1) is 0 Å². The number of ether oxygens (including phenoxy) is 1. The van der Waals surface area contributed by atoms with E-state index in [4.69, 9.17) is 4.74 Å². The Hall–Kier alpha value is -2.12. The maximum atomic E-state index is 5.42. The highest BCUT2D eigenvalue weighted by Gasteiger charge is 1.98. The Morgan fingerprint density at radius 3 is 1.95 bits per heavy atom. The zero-order chi connectivity index (χ0) is 13.5. The molecule has 0 atom stereocenters. The van der Waals surface area contributed by atoms with Gasteiger partial charge in [0.2, 0.25) is 0 Å². The van der Waals surface area contributed by atoms with E-state index in [0.29, 0.717) is 13.2 Å². The van der Waals surface area contributed by atoms with Gasteiger partial charge in [0, 0.05) is 0 Å². The fraction of sp³-hybridized carbons (Fsp3) is 0.111. The molecule has 0 aliphatic rings. The molecule has 2 aromatic carbocycles. The van der Waals surface area contributed by atoms with Crippen molar-refractivity contribution in [2.24, 2.45) is 0 Å². The van der Waals surface area contributed by atoms with Crippen LogP contribution < -0.4 is 0 Å². The second-order valence-electron chi connectivity index (χ2n) is 4.33. The molecule has 0 radical (unpaired) electrons. The number of hydrogen-bond acceptors (Lipinski definition) is 1. The summed E-state index contributed by atoms with van der Waals surface area (Å²) in [6, 6.07) is 16.8. The fourth-order valence-corrected chi connectivity index (χ4v) is 1.87. The molecular formula is C18H18O. The predicted octanol–water partition coefficient (Wildman–Crippen LogP) is 4.70. The zero-order valence-electron chi connectivity index (χ0n) is 11.0. The van der Waals surface area contributed by atoms with Gasteiger partial charge in [-0.3, -0.25) is 0 Å². The Bertz CT molecular complexity index is 535. The molecule has 19 heavy (non-hydrogen) atoms. The molecule has 0 saturated heterocycles. The van der Waals surface area contributed by atoms with Crippen LogP contribution in [0.25, 0.3) is 17.2 Å². The van der Waals surface area contributed by atoms with E-state index < -0.39 is 0 Å². The zero-order valence-corrected chi connectivity index (χ0v) is 11.0. The van der Waals surface area contributed by atoms with Crippen molar-refractivity contribution in [1.82, 2.24) is 0 Å². The molecule has 1 heteroatoms. The van der Waals surface area contributed by atoms with Gasteiger partial charge in [0.1, 0.15) is 0 Å². The Kier molecular flexibility index (Phi) is 4.71. The van der Waals surface area contributed by atoms with E-state index in [9.17, 15) is 0 Å². The summed E-state index contributed by atoms with van der Waals surface area (Å²) in [7, 11) is 0. The van der Waals surface area contributed by atoms with Gasteiger partial charge in [-0.15, -0.1) is 6.58 Å². The highest BCUT2D eigenvalue weighted by atomic mass is 16.5. The maximum Gasteiger partial charge on any atom is 0.0721 e. The Morgan fingerprint density at radius 2 is 1.42 bits per heavy atom. The van der Waals surface area contributed by atoms with E-state index in [-0.39, 0.29) is 0 Å². The Balaban J connectivity index is 2.08. The van der Waals surface area contributed by atoms with Crippen LogP contribution >= 0.6 is 0 Å². The van der Waals surface area contributed by atoms with Crippen molar-refractivity contribution < 1.29 is 4.74 Å². The van der Waals surface area contributed by atoms with Gasteiger partial charge in [0.05, 0.1) is 13.2 Å². The van der Waals surface area contributed by atoms with Gasteiger partial charge in [-0.05, 0) is 22.3 Å². The topological polar surface area (TPSA) is 9.23 Å². The van der Waals surface area contributed by atoms with Crippen molar-refractivity contribution in [1.29, 1.82) is 0 Å². The van der Waals surface area contributed by atoms with Crippen molar-refractivity contribution in [3.8, 4) is 11.1 Å². The van der Waals surface area contributed by atoms with Crippen LogP contribution in [0.2, 0.25) is 0 Å². The first-order valence-electron chi connectivity index (χ1n) is 6.34. The number of rotatable bonds is 6. The smallest absolute Gasteiger partial charge is 0.0721 e. The lowest BCUT2D eigenvalue weighted by Gasteiger charge is -2.05. The Morgan fingerprint density at radius 1 is 0.842 bits per heavy atom. The van der Waals surface area contributed by atoms with Crippen molar-refractivity contribution in [3.63, 3.8) is 0 Å². The molecule has 2 aromatic rings. The third-order valence-electron chi connectivity index (χ3n) is 2.94. The van der Waals surface area contributed by atoms with Crippen LogP contribution in [0.4, 0.5) is 0 Å². The average molecular weight is 250 g/mol. The molecule has 0 heterocycles. The van der Waals surface area contributed by atoms with Crippen LogP contribution in [0.5, 0.6) is 0 Å². The summed E-state index contributed by atoms with van der Waals surface area (Å²) < 4.78 is 5.42. The molecule has 0 saturated carbocycles. The molecule has 0 bridgehead atoms. The summed E-state index contributed by atoms with van der Waals surface area (Å²) >= 11 is 0.